The van der Waals surface area contributed by atoms with Crippen LogP contribution in [0.5, 0.6) is 0 Å². The van der Waals surface area contributed by atoms with E-state index in [1.807, 2.05) is 11.8 Å². The molecule has 0 radical (unpaired) electrons. The summed E-state index contributed by atoms with van der Waals surface area (Å²) in [5.41, 5.74) is 2.67. The molecule has 1 aromatic carbocycles. The van der Waals surface area contributed by atoms with Gasteiger partial charge in [-0.2, -0.15) is 0 Å². The fourth-order valence-electron chi connectivity index (χ4n) is 2.72. The Hall–Kier alpha value is -1.00. The second-order valence-electron chi connectivity index (χ2n) is 5.61. The zero-order valence-electron chi connectivity index (χ0n) is 12.0. The molecule has 1 aromatic rings. The fourth-order valence-corrected chi connectivity index (χ4v) is 3.93. The molecule has 3 nitrogen and oxygen atoms in total. The Morgan fingerprint density at radius 1 is 1.25 bits per heavy atom. The second-order valence-corrected chi connectivity index (χ2v) is 6.58. The number of benzene rings is 1. The lowest BCUT2D eigenvalue weighted by atomic mass is 9.93. The van der Waals surface area contributed by atoms with E-state index >= 15 is 0 Å². The lowest BCUT2D eigenvalue weighted by molar-refractivity contribution is 0.0624. The summed E-state index contributed by atoms with van der Waals surface area (Å²) in [4.78, 5) is 4.92. The Balaban J connectivity index is 1.64. The molecule has 2 heterocycles. The lowest BCUT2D eigenvalue weighted by Crippen LogP contribution is -2.34. The number of aliphatic imine (C=N–C) groups is 1. The highest BCUT2D eigenvalue weighted by Gasteiger charge is 2.37. The van der Waals surface area contributed by atoms with Crippen molar-refractivity contribution in [2.75, 3.05) is 24.3 Å². The molecule has 4 heteroatoms. The van der Waals surface area contributed by atoms with Gasteiger partial charge in [-0.1, -0.05) is 37.2 Å². The molecule has 0 bridgehead atoms. The number of thioether (sulfide) groups is 1. The van der Waals surface area contributed by atoms with Gasteiger partial charge in [0.2, 0.25) is 0 Å². The third-order valence-electron chi connectivity index (χ3n) is 3.98. The molecule has 0 aliphatic carbocycles. The smallest absolute Gasteiger partial charge is 0.161 e. The van der Waals surface area contributed by atoms with Crippen molar-refractivity contribution in [3.05, 3.63) is 29.8 Å². The van der Waals surface area contributed by atoms with E-state index in [1.165, 1.54) is 12.0 Å². The van der Waals surface area contributed by atoms with E-state index in [0.717, 1.165) is 49.1 Å². The predicted molar refractivity (Wildman–Crippen MR) is 86.7 cm³/mol. The summed E-state index contributed by atoms with van der Waals surface area (Å²) < 4.78 is 5.45. The van der Waals surface area contributed by atoms with Crippen LogP contribution in [0.4, 0.5) is 5.69 Å². The van der Waals surface area contributed by atoms with E-state index in [9.17, 15) is 0 Å². The molecule has 20 heavy (non-hydrogen) atoms. The molecular weight excluding hydrogens is 268 g/mol. The average molecular weight is 290 g/mol. The number of aryl methyl sites for hydroxylation is 1. The summed E-state index contributed by atoms with van der Waals surface area (Å²) in [5.74, 6) is 1.09. The number of nitrogens with one attached hydrogen (secondary N) is 1. The fraction of sp³-hybridized carbons (Fsp3) is 0.562. The number of amidine groups is 1. The van der Waals surface area contributed by atoms with Crippen molar-refractivity contribution in [1.82, 2.24) is 0 Å². The Bertz CT molecular complexity index is 478. The summed E-state index contributed by atoms with van der Waals surface area (Å²) in [6.07, 6.45) is 4.46. The van der Waals surface area contributed by atoms with E-state index in [0.29, 0.717) is 0 Å². The minimum absolute atomic E-state index is 0.132. The van der Waals surface area contributed by atoms with Crippen LogP contribution in [0.1, 0.15) is 31.7 Å². The normalized spacial score (nSPS) is 20.9. The van der Waals surface area contributed by atoms with Crippen molar-refractivity contribution in [3.63, 3.8) is 0 Å². The van der Waals surface area contributed by atoms with E-state index in [1.54, 1.807) is 0 Å². The van der Waals surface area contributed by atoms with Gasteiger partial charge in [-0.05, 0) is 37.0 Å². The Morgan fingerprint density at radius 3 is 2.70 bits per heavy atom. The van der Waals surface area contributed by atoms with E-state index < -0.39 is 0 Å². The topological polar surface area (TPSA) is 33.6 Å². The van der Waals surface area contributed by atoms with E-state index in [-0.39, 0.29) is 5.54 Å². The van der Waals surface area contributed by atoms with Gasteiger partial charge in [-0.15, -0.1) is 0 Å². The van der Waals surface area contributed by atoms with E-state index in [2.05, 4.69) is 36.5 Å². The van der Waals surface area contributed by atoms with Crippen molar-refractivity contribution < 1.29 is 4.74 Å². The Morgan fingerprint density at radius 2 is 2.00 bits per heavy atom. The first-order valence-electron chi connectivity index (χ1n) is 7.46. The van der Waals surface area contributed by atoms with Crippen LogP contribution in [0, 0.1) is 0 Å². The number of hydrogen-bond acceptors (Lipinski definition) is 4. The minimum atomic E-state index is 0.132. The standard InChI is InChI=1S/C16H22N2OS/c1-2-3-13-4-6-14(7-5-13)17-15-18-16(12-20-15)8-10-19-11-9-16/h4-7H,2-3,8-12H2,1H3,(H,17,18). The molecule has 0 saturated carbocycles. The van der Waals surface area contributed by atoms with Gasteiger partial charge >= 0.3 is 0 Å². The number of hydrogen-bond donors (Lipinski definition) is 1. The molecule has 1 fully saturated rings. The summed E-state index contributed by atoms with van der Waals surface area (Å²) in [7, 11) is 0. The monoisotopic (exact) mass is 290 g/mol. The highest BCUT2D eigenvalue weighted by Crippen LogP contribution is 2.36. The molecule has 2 aliphatic heterocycles. The van der Waals surface area contributed by atoms with Crippen LogP contribution in [0.25, 0.3) is 0 Å². The van der Waals surface area contributed by atoms with Crippen LogP contribution < -0.4 is 5.32 Å². The van der Waals surface area contributed by atoms with Gasteiger partial charge in [-0.25, -0.2) is 0 Å². The van der Waals surface area contributed by atoms with Crippen LogP contribution >= 0.6 is 11.8 Å². The number of ether oxygens (including phenoxy) is 1. The molecular formula is C16H22N2OS. The van der Waals surface area contributed by atoms with Gasteiger partial charge in [0, 0.05) is 24.7 Å². The molecule has 0 unspecified atom stereocenters. The molecule has 1 spiro atoms. The molecule has 108 valence electrons. The lowest BCUT2D eigenvalue weighted by Gasteiger charge is -2.29. The zero-order valence-corrected chi connectivity index (χ0v) is 12.8. The summed E-state index contributed by atoms with van der Waals surface area (Å²) in [6.45, 7) is 3.91. The van der Waals surface area contributed by atoms with Crippen LogP contribution in [0.3, 0.4) is 0 Å². The summed E-state index contributed by atoms with van der Waals surface area (Å²) in [6, 6.07) is 8.72. The van der Waals surface area contributed by atoms with Crippen LogP contribution in [0.2, 0.25) is 0 Å². The van der Waals surface area contributed by atoms with Crippen molar-refractivity contribution >= 4 is 22.6 Å². The highest BCUT2D eigenvalue weighted by molar-refractivity contribution is 8.14. The number of rotatable bonds is 3. The molecule has 0 amide bonds. The van der Waals surface area contributed by atoms with Crippen LogP contribution in [-0.4, -0.2) is 29.7 Å². The average Bonchev–Trinajstić information content (AvgIpc) is 2.85. The van der Waals surface area contributed by atoms with Crippen LogP contribution in [0.15, 0.2) is 29.3 Å². The van der Waals surface area contributed by atoms with Gasteiger partial charge < -0.3 is 10.1 Å². The first-order chi connectivity index (χ1) is 9.80. The molecule has 0 atom stereocenters. The van der Waals surface area contributed by atoms with Gasteiger partial charge in [0.1, 0.15) is 0 Å². The minimum Gasteiger partial charge on any atom is -0.381 e. The maximum Gasteiger partial charge on any atom is 0.161 e. The summed E-state index contributed by atoms with van der Waals surface area (Å²) >= 11 is 1.84. The maximum absolute atomic E-state index is 5.45. The number of nitrogens with zero attached hydrogens (tertiary/aromatic N) is 1. The Kier molecular flexibility index (Phi) is 4.32. The maximum atomic E-state index is 5.45. The molecule has 1 N–H and O–H groups in total. The highest BCUT2D eigenvalue weighted by atomic mass is 32.2. The molecule has 1 saturated heterocycles. The van der Waals surface area contributed by atoms with Crippen molar-refractivity contribution in [2.24, 2.45) is 4.99 Å². The van der Waals surface area contributed by atoms with Gasteiger partial charge in [0.15, 0.2) is 5.17 Å². The quantitative estimate of drug-likeness (QED) is 0.921. The second kappa shape index (κ2) is 6.19. The molecule has 3 rings (SSSR count). The molecule has 2 aliphatic rings. The number of anilines is 1. The van der Waals surface area contributed by atoms with Crippen LogP contribution in [-0.2, 0) is 11.2 Å². The largest absolute Gasteiger partial charge is 0.381 e. The van der Waals surface area contributed by atoms with Gasteiger partial charge in [-0.3, -0.25) is 4.99 Å². The van der Waals surface area contributed by atoms with Gasteiger partial charge in [0.05, 0.1) is 5.54 Å². The Labute approximate surface area is 125 Å². The SMILES string of the molecule is CCCc1ccc(NC2=NC3(CCOCC3)CS2)cc1. The predicted octanol–water partition coefficient (Wildman–Crippen LogP) is 3.70. The van der Waals surface area contributed by atoms with Gasteiger partial charge in [0.25, 0.3) is 0 Å². The first kappa shape index (κ1) is 14.0. The summed E-state index contributed by atoms with van der Waals surface area (Å²) in [5, 5.41) is 4.52. The zero-order chi connectivity index (χ0) is 13.8. The van der Waals surface area contributed by atoms with Crippen molar-refractivity contribution in [3.8, 4) is 0 Å². The third-order valence-corrected chi connectivity index (χ3v) is 5.13. The third kappa shape index (κ3) is 3.18. The first-order valence-corrected chi connectivity index (χ1v) is 8.45. The van der Waals surface area contributed by atoms with Crippen molar-refractivity contribution in [1.29, 1.82) is 0 Å². The molecule has 0 aromatic heterocycles. The van der Waals surface area contributed by atoms with Crippen molar-refractivity contribution in [2.45, 2.75) is 38.1 Å². The van der Waals surface area contributed by atoms with E-state index in [4.69, 9.17) is 9.73 Å².